The Morgan fingerprint density at radius 3 is 2.62 bits per heavy atom. The summed E-state index contributed by atoms with van der Waals surface area (Å²) in [6.07, 6.45) is 0. The summed E-state index contributed by atoms with van der Waals surface area (Å²) in [7, 11) is 0. The van der Waals surface area contributed by atoms with E-state index in [2.05, 4.69) is 72.9 Å². The third-order valence-electron chi connectivity index (χ3n) is 4.62. The van der Waals surface area contributed by atoms with Crippen LogP contribution in [0.4, 0.5) is 11.6 Å². The molecule has 0 atom stereocenters. The zero-order valence-electron chi connectivity index (χ0n) is 17.1. The fourth-order valence-corrected chi connectivity index (χ4v) is 3.94. The van der Waals surface area contributed by atoms with Crippen molar-refractivity contribution in [3.05, 3.63) is 75.9 Å². The van der Waals surface area contributed by atoms with E-state index in [1.54, 1.807) is 0 Å². The molecule has 32 heavy (non-hydrogen) atoms. The molecule has 0 saturated heterocycles. The third kappa shape index (κ3) is 5.37. The Morgan fingerprint density at radius 1 is 1.09 bits per heavy atom. The predicted octanol–water partition coefficient (Wildman–Crippen LogP) is 4.32. The SMILES string of the molecule is C/C(=N\Nc1nnc(SCC(=O)Nc2ccc(I)cc2)n1N)c1ccc2ccccc2c1. The number of nitrogens with zero attached hydrogens (tertiary/aromatic N) is 4. The fourth-order valence-electron chi connectivity index (χ4n) is 2.92. The van der Waals surface area contributed by atoms with Crippen molar-refractivity contribution in [2.75, 3.05) is 22.3 Å². The summed E-state index contributed by atoms with van der Waals surface area (Å²) in [5.41, 5.74) is 5.36. The zero-order valence-corrected chi connectivity index (χ0v) is 20.1. The molecule has 3 aromatic carbocycles. The first-order valence-electron chi connectivity index (χ1n) is 9.68. The van der Waals surface area contributed by atoms with Crippen LogP contribution in [0.25, 0.3) is 10.8 Å². The van der Waals surface area contributed by atoms with Gasteiger partial charge in [-0.15, -0.1) is 10.2 Å². The number of anilines is 2. The van der Waals surface area contributed by atoms with Gasteiger partial charge in [0.25, 0.3) is 5.95 Å². The number of carbonyl (C=O) groups excluding carboxylic acids is 1. The molecular weight excluding hydrogens is 537 g/mol. The number of nitrogens with one attached hydrogen (secondary N) is 2. The maximum absolute atomic E-state index is 12.2. The van der Waals surface area contributed by atoms with Gasteiger partial charge in [-0.25, -0.2) is 10.1 Å². The Kier molecular flexibility index (Phi) is 6.90. The molecule has 0 saturated carbocycles. The van der Waals surface area contributed by atoms with E-state index in [9.17, 15) is 4.79 Å². The number of fused-ring (bicyclic) bond motifs is 1. The highest BCUT2D eigenvalue weighted by Crippen LogP contribution is 2.19. The van der Waals surface area contributed by atoms with Crippen LogP contribution in [0.5, 0.6) is 0 Å². The first-order valence-corrected chi connectivity index (χ1v) is 11.7. The minimum absolute atomic E-state index is 0.153. The Bertz CT molecular complexity index is 1290. The summed E-state index contributed by atoms with van der Waals surface area (Å²) >= 11 is 3.41. The monoisotopic (exact) mass is 557 g/mol. The van der Waals surface area contributed by atoms with Crippen LogP contribution in [-0.2, 0) is 4.79 Å². The van der Waals surface area contributed by atoms with Crippen LogP contribution in [-0.4, -0.2) is 32.2 Å². The number of carbonyl (C=O) groups is 1. The highest BCUT2D eigenvalue weighted by molar-refractivity contribution is 14.1. The number of rotatable bonds is 7. The Morgan fingerprint density at radius 2 is 1.84 bits per heavy atom. The molecule has 8 nitrogen and oxygen atoms in total. The van der Waals surface area contributed by atoms with Gasteiger partial charge in [0.1, 0.15) is 0 Å². The van der Waals surface area contributed by atoms with E-state index in [1.807, 2.05) is 49.4 Å². The molecule has 0 aliphatic carbocycles. The van der Waals surface area contributed by atoms with E-state index in [1.165, 1.54) is 21.8 Å². The summed E-state index contributed by atoms with van der Waals surface area (Å²) in [5, 5.41) is 18.0. The Balaban J connectivity index is 1.36. The van der Waals surface area contributed by atoms with E-state index in [0.717, 1.165) is 25.9 Å². The molecule has 0 fully saturated rings. The molecule has 0 aliphatic heterocycles. The molecule has 4 rings (SSSR count). The molecule has 1 amide bonds. The number of halogens is 1. The summed E-state index contributed by atoms with van der Waals surface area (Å²) in [6, 6.07) is 21.9. The van der Waals surface area contributed by atoms with Crippen LogP contribution < -0.4 is 16.6 Å². The van der Waals surface area contributed by atoms with Gasteiger partial charge in [0.2, 0.25) is 11.1 Å². The number of nitrogen functional groups attached to an aromatic ring is 1. The lowest BCUT2D eigenvalue weighted by Gasteiger charge is -2.06. The average Bonchev–Trinajstić information content (AvgIpc) is 3.16. The quantitative estimate of drug-likeness (QED) is 0.103. The van der Waals surface area contributed by atoms with Gasteiger partial charge in [0.15, 0.2) is 0 Å². The number of hydrogen-bond donors (Lipinski definition) is 3. The van der Waals surface area contributed by atoms with E-state index in [4.69, 9.17) is 5.84 Å². The van der Waals surface area contributed by atoms with Crippen LogP contribution in [0.2, 0.25) is 0 Å². The summed E-state index contributed by atoms with van der Waals surface area (Å²) in [4.78, 5) is 12.2. The van der Waals surface area contributed by atoms with E-state index < -0.39 is 0 Å². The van der Waals surface area contributed by atoms with E-state index >= 15 is 0 Å². The zero-order chi connectivity index (χ0) is 22.5. The number of aromatic nitrogens is 3. The molecule has 0 radical (unpaired) electrons. The van der Waals surface area contributed by atoms with Crippen molar-refractivity contribution in [2.45, 2.75) is 12.1 Å². The lowest BCUT2D eigenvalue weighted by atomic mass is 10.0. The van der Waals surface area contributed by atoms with Gasteiger partial charge in [0, 0.05) is 9.26 Å². The second-order valence-corrected chi connectivity index (χ2v) is 9.08. The molecule has 4 N–H and O–H groups in total. The van der Waals surface area contributed by atoms with Gasteiger partial charge in [-0.1, -0.05) is 48.2 Å². The molecule has 4 aromatic rings. The molecule has 0 aliphatic rings. The van der Waals surface area contributed by atoms with Crippen molar-refractivity contribution in [3.8, 4) is 0 Å². The van der Waals surface area contributed by atoms with Crippen molar-refractivity contribution in [1.29, 1.82) is 0 Å². The van der Waals surface area contributed by atoms with Crippen molar-refractivity contribution >= 4 is 68.4 Å². The molecule has 1 heterocycles. The topological polar surface area (TPSA) is 110 Å². The molecule has 162 valence electrons. The number of nitrogens with two attached hydrogens (primary N) is 1. The second-order valence-electron chi connectivity index (χ2n) is 6.89. The van der Waals surface area contributed by atoms with Gasteiger partial charge >= 0.3 is 0 Å². The first kappa shape index (κ1) is 22.1. The highest BCUT2D eigenvalue weighted by atomic mass is 127. The Hall–Kier alpha value is -3.12. The van der Waals surface area contributed by atoms with E-state index in [-0.39, 0.29) is 17.6 Å². The van der Waals surface area contributed by atoms with Gasteiger partial charge in [-0.2, -0.15) is 5.10 Å². The summed E-state index contributed by atoms with van der Waals surface area (Å²) in [5.74, 6) is 6.35. The minimum Gasteiger partial charge on any atom is -0.334 e. The largest absolute Gasteiger partial charge is 0.334 e. The molecule has 1 aromatic heterocycles. The van der Waals surface area contributed by atoms with Gasteiger partial charge in [-0.3, -0.25) is 4.79 Å². The van der Waals surface area contributed by atoms with Gasteiger partial charge in [0.05, 0.1) is 11.5 Å². The van der Waals surface area contributed by atoms with Crippen LogP contribution in [0, 0.1) is 3.57 Å². The maximum atomic E-state index is 12.2. The second kappa shape index (κ2) is 10.0. The average molecular weight is 557 g/mol. The standard InChI is InChI=1S/C22H20IN7OS/c1-14(16-7-6-15-4-2-3-5-17(15)12-16)26-27-21-28-29-22(30(21)24)32-13-20(31)25-19-10-8-18(23)9-11-19/h2-12H,13,24H2,1H3,(H,25,31)(H,27,28)/b26-14+. The molecule has 0 spiro atoms. The highest BCUT2D eigenvalue weighted by Gasteiger charge is 2.12. The lowest BCUT2D eigenvalue weighted by molar-refractivity contribution is -0.113. The number of benzene rings is 3. The number of hydrogen-bond acceptors (Lipinski definition) is 7. The van der Waals surface area contributed by atoms with Gasteiger partial charge < -0.3 is 11.2 Å². The number of amides is 1. The normalized spacial score (nSPS) is 11.5. The minimum atomic E-state index is -0.154. The fraction of sp³-hybridized carbons (Fsp3) is 0.0909. The third-order valence-corrected chi connectivity index (χ3v) is 6.28. The first-order chi connectivity index (χ1) is 15.5. The molecular formula is C22H20IN7OS. The van der Waals surface area contributed by atoms with Crippen molar-refractivity contribution in [3.63, 3.8) is 0 Å². The lowest BCUT2D eigenvalue weighted by Crippen LogP contribution is -2.17. The molecule has 0 unspecified atom stereocenters. The number of hydrazone groups is 1. The van der Waals surface area contributed by atoms with Crippen molar-refractivity contribution in [1.82, 2.24) is 14.9 Å². The van der Waals surface area contributed by atoms with Crippen molar-refractivity contribution in [2.24, 2.45) is 5.10 Å². The van der Waals surface area contributed by atoms with Crippen LogP contribution in [0.1, 0.15) is 12.5 Å². The maximum Gasteiger partial charge on any atom is 0.264 e. The number of thioether (sulfide) groups is 1. The van der Waals surface area contributed by atoms with Crippen LogP contribution in [0.15, 0.2) is 77.0 Å². The summed E-state index contributed by atoms with van der Waals surface area (Å²) < 4.78 is 2.38. The molecule has 10 heteroatoms. The smallest absolute Gasteiger partial charge is 0.264 e. The van der Waals surface area contributed by atoms with Gasteiger partial charge in [-0.05, 0) is 76.2 Å². The predicted molar refractivity (Wildman–Crippen MR) is 138 cm³/mol. The van der Waals surface area contributed by atoms with E-state index in [0.29, 0.717) is 5.16 Å². The van der Waals surface area contributed by atoms with Crippen molar-refractivity contribution < 1.29 is 4.79 Å². The van der Waals surface area contributed by atoms with Crippen LogP contribution in [0.3, 0.4) is 0 Å². The van der Waals surface area contributed by atoms with Crippen LogP contribution >= 0.6 is 34.4 Å². The Labute approximate surface area is 202 Å². The summed E-state index contributed by atoms with van der Waals surface area (Å²) in [6.45, 7) is 1.90. The molecule has 0 bridgehead atoms.